The molecule has 1 spiro atoms. The summed E-state index contributed by atoms with van der Waals surface area (Å²) in [6.45, 7) is -0.0138. The van der Waals surface area contributed by atoms with Crippen LogP contribution in [0.1, 0.15) is 38.3 Å². The summed E-state index contributed by atoms with van der Waals surface area (Å²) in [6, 6.07) is 9.70. The summed E-state index contributed by atoms with van der Waals surface area (Å²) in [6.07, 6.45) is 5.25. The van der Waals surface area contributed by atoms with Gasteiger partial charge in [0.2, 0.25) is 0 Å². The number of nitrogens with zero attached hydrogens (tertiary/aromatic N) is 4. The predicted molar refractivity (Wildman–Crippen MR) is 125 cm³/mol. The van der Waals surface area contributed by atoms with Crippen LogP contribution < -0.4 is 10.6 Å². The third kappa shape index (κ3) is 4.04. The molecule has 4 heterocycles. The average Bonchev–Trinajstić information content (AvgIpc) is 3.56. The van der Waals surface area contributed by atoms with Gasteiger partial charge in [-0.3, -0.25) is 9.36 Å². The minimum Gasteiger partial charge on any atom is -0.395 e. The molecule has 1 aliphatic carbocycles. The normalized spacial score (nSPS) is 27.2. The van der Waals surface area contributed by atoms with Gasteiger partial charge in [0.15, 0.2) is 35.1 Å². The van der Waals surface area contributed by atoms with Gasteiger partial charge in [-0.25, -0.2) is 15.0 Å². The molecule has 2 aliphatic heterocycles. The molecule has 3 aromatic rings. The number of anilines is 2. The van der Waals surface area contributed by atoms with Crippen molar-refractivity contribution in [1.82, 2.24) is 24.8 Å². The predicted octanol–water partition coefficient (Wildman–Crippen LogP) is 2.02. The molecule has 11 nitrogen and oxygen atoms in total. The van der Waals surface area contributed by atoms with Gasteiger partial charge in [0.25, 0.3) is 5.91 Å². The Labute approximate surface area is 201 Å². The molecule has 3 N–H and O–H groups in total. The van der Waals surface area contributed by atoms with Crippen molar-refractivity contribution in [2.75, 3.05) is 18.5 Å². The number of rotatable bonds is 6. The number of carbonyl (C=O) groups is 1. The number of carbonyl (C=O) groups excluding carboxylic acids is 1. The van der Waals surface area contributed by atoms with Crippen LogP contribution in [0.3, 0.4) is 0 Å². The Balaban J connectivity index is 1.33. The third-order valence-corrected chi connectivity index (χ3v) is 6.85. The molecule has 35 heavy (non-hydrogen) atoms. The molecule has 11 heteroatoms. The molecule has 1 aromatic carbocycles. The Morgan fingerprint density at radius 2 is 1.89 bits per heavy atom. The largest absolute Gasteiger partial charge is 0.395 e. The first-order valence-electron chi connectivity index (χ1n) is 12.1. The minimum atomic E-state index is -0.876. The Morgan fingerprint density at radius 3 is 2.69 bits per heavy atom. The second kappa shape index (κ2) is 9.15. The fraction of sp³-hybridized carbons (Fsp3) is 0.500. The molecule has 2 saturated heterocycles. The van der Waals surface area contributed by atoms with Crippen molar-refractivity contribution in [1.29, 1.82) is 0 Å². The number of aliphatic hydroxyl groups is 1. The minimum absolute atomic E-state index is 0.141. The first-order chi connectivity index (χ1) is 17.2. The third-order valence-electron chi connectivity index (χ3n) is 6.85. The van der Waals surface area contributed by atoms with Crippen LogP contribution in [0, 0.1) is 0 Å². The smallest absolute Gasteiger partial charge is 0.252 e. The van der Waals surface area contributed by atoms with Gasteiger partial charge < -0.3 is 30.0 Å². The van der Waals surface area contributed by atoms with Crippen molar-refractivity contribution in [3.05, 3.63) is 43.0 Å². The summed E-state index contributed by atoms with van der Waals surface area (Å²) < 4.78 is 21.0. The van der Waals surface area contributed by atoms with Crippen LogP contribution in [0.25, 0.3) is 11.2 Å². The Bertz CT molecular complexity index is 1200. The van der Waals surface area contributed by atoms with E-state index >= 15 is 0 Å². The molecule has 0 radical (unpaired) electrons. The van der Waals surface area contributed by atoms with Gasteiger partial charge in [-0.1, -0.05) is 24.6 Å². The molecule has 3 fully saturated rings. The van der Waals surface area contributed by atoms with E-state index in [1.807, 2.05) is 30.3 Å². The van der Waals surface area contributed by atoms with Crippen LogP contribution in [0.2, 0.25) is 0 Å². The summed E-state index contributed by atoms with van der Waals surface area (Å²) in [7, 11) is 0. The molecule has 184 valence electrons. The van der Waals surface area contributed by atoms with Crippen LogP contribution in [0.5, 0.6) is 0 Å². The van der Waals surface area contributed by atoms with Gasteiger partial charge in [-0.05, 0) is 25.0 Å². The topological polar surface area (TPSA) is 133 Å². The van der Waals surface area contributed by atoms with Gasteiger partial charge >= 0.3 is 0 Å². The zero-order valence-electron chi connectivity index (χ0n) is 19.2. The molecule has 0 bridgehead atoms. The van der Waals surface area contributed by atoms with Crippen LogP contribution in [-0.4, -0.2) is 67.8 Å². The molecular weight excluding hydrogens is 452 g/mol. The van der Waals surface area contributed by atoms with Crippen LogP contribution in [0.15, 0.2) is 43.0 Å². The van der Waals surface area contributed by atoms with Gasteiger partial charge in [-0.15, -0.1) is 0 Å². The van der Waals surface area contributed by atoms with Gasteiger partial charge in [-0.2, -0.15) is 0 Å². The number of nitrogens with one attached hydrogen (secondary N) is 2. The highest BCUT2D eigenvalue weighted by atomic mass is 16.8. The standard InChI is InChI=1S/C24H28N6O5/c31-12-11-25-22(32)18-17-19(35-24(34-17)9-5-2-6-10-24)23(33-18)30-14-28-16-20(26-13-27-21(16)30)29-15-7-3-1-4-8-15/h1,3-4,7-8,13-14,17-19,23,31H,2,5-6,9-12H2,(H,25,32)(H,26,27,29)/t17?,18-,19?,23+/m0/s1. The molecule has 4 atom stereocenters. The lowest BCUT2D eigenvalue weighted by Gasteiger charge is -2.34. The van der Waals surface area contributed by atoms with Crippen molar-refractivity contribution in [3.63, 3.8) is 0 Å². The molecule has 1 amide bonds. The van der Waals surface area contributed by atoms with Gasteiger partial charge in [0.1, 0.15) is 18.5 Å². The van der Waals surface area contributed by atoms with E-state index < -0.39 is 30.3 Å². The first kappa shape index (κ1) is 22.4. The van der Waals surface area contributed by atoms with Crippen LogP contribution in [-0.2, 0) is 19.0 Å². The second-order valence-corrected chi connectivity index (χ2v) is 9.14. The number of hydrogen-bond acceptors (Lipinski definition) is 9. The maximum absolute atomic E-state index is 12.9. The highest BCUT2D eigenvalue weighted by molar-refractivity contribution is 5.85. The Hall–Kier alpha value is -3.12. The molecule has 1 saturated carbocycles. The van der Waals surface area contributed by atoms with E-state index in [0.29, 0.717) is 17.0 Å². The first-order valence-corrected chi connectivity index (χ1v) is 12.1. The monoisotopic (exact) mass is 480 g/mol. The fourth-order valence-corrected chi connectivity index (χ4v) is 5.25. The van der Waals surface area contributed by atoms with E-state index in [2.05, 4.69) is 25.6 Å². The summed E-state index contributed by atoms with van der Waals surface area (Å²) in [5, 5.41) is 15.1. The molecule has 3 aliphatic rings. The lowest BCUT2D eigenvalue weighted by atomic mass is 9.94. The number of benzene rings is 1. The summed E-state index contributed by atoms with van der Waals surface area (Å²) in [5.41, 5.74) is 2.02. The highest BCUT2D eigenvalue weighted by Crippen LogP contribution is 2.49. The molecular formula is C24H28N6O5. The van der Waals surface area contributed by atoms with Crippen molar-refractivity contribution >= 4 is 28.6 Å². The molecule has 6 rings (SSSR count). The lowest BCUT2D eigenvalue weighted by Crippen LogP contribution is -2.44. The van der Waals surface area contributed by atoms with E-state index in [9.17, 15) is 4.79 Å². The lowest BCUT2D eigenvalue weighted by molar-refractivity contribution is -0.229. The number of imidazole rings is 1. The number of ether oxygens (including phenoxy) is 3. The fourth-order valence-electron chi connectivity index (χ4n) is 5.25. The number of amides is 1. The maximum atomic E-state index is 12.9. The zero-order valence-corrected chi connectivity index (χ0v) is 19.2. The van der Waals surface area contributed by atoms with Crippen LogP contribution in [0.4, 0.5) is 11.5 Å². The second-order valence-electron chi connectivity index (χ2n) is 9.14. The average molecular weight is 481 g/mol. The number of fused-ring (bicyclic) bond motifs is 2. The molecule has 2 aromatic heterocycles. The van der Waals surface area contributed by atoms with E-state index in [4.69, 9.17) is 19.3 Å². The van der Waals surface area contributed by atoms with Crippen molar-refractivity contribution in [3.8, 4) is 0 Å². The van der Waals surface area contributed by atoms with E-state index in [-0.39, 0.29) is 19.1 Å². The Morgan fingerprint density at radius 1 is 1.09 bits per heavy atom. The molecule has 2 unspecified atom stereocenters. The number of aliphatic hydroxyl groups excluding tert-OH is 1. The quantitative estimate of drug-likeness (QED) is 0.485. The highest BCUT2D eigenvalue weighted by Gasteiger charge is 2.60. The van der Waals surface area contributed by atoms with Crippen molar-refractivity contribution < 1.29 is 24.1 Å². The summed E-state index contributed by atoms with van der Waals surface area (Å²) >= 11 is 0. The van der Waals surface area contributed by atoms with E-state index in [1.165, 1.54) is 6.33 Å². The van der Waals surface area contributed by atoms with Crippen molar-refractivity contribution in [2.45, 2.75) is 62.4 Å². The van der Waals surface area contributed by atoms with Gasteiger partial charge in [0, 0.05) is 25.1 Å². The zero-order chi connectivity index (χ0) is 23.8. The summed E-state index contributed by atoms with van der Waals surface area (Å²) in [4.78, 5) is 26.3. The van der Waals surface area contributed by atoms with E-state index in [1.54, 1.807) is 10.9 Å². The summed E-state index contributed by atoms with van der Waals surface area (Å²) in [5.74, 6) is -0.464. The van der Waals surface area contributed by atoms with Crippen molar-refractivity contribution in [2.24, 2.45) is 0 Å². The number of aromatic nitrogens is 4. The number of para-hydroxylation sites is 1. The Kier molecular flexibility index (Phi) is 5.85. The van der Waals surface area contributed by atoms with Gasteiger partial charge in [0.05, 0.1) is 12.9 Å². The van der Waals surface area contributed by atoms with Crippen LogP contribution >= 0.6 is 0 Å². The maximum Gasteiger partial charge on any atom is 0.252 e. The number of hydrogen-bond donors (Lipinski definition) is 3. The SMILES string of the molecule is O=C(NCCO)[C@H]1O[C@@H](n2cnc3c(Nc4ccccc4)ncnc32)C2OC3(CCCCC3)OC21. The van der Waals surface area contributed by atoms with E-state index in [0.717, 1.165) is 37.8 Å².